The highest BCUT2D eigenvalue weighted by Crippen LogP contribution is 2.23. The van der Waals surface area contributed by atoms with Gasteiger partial charge in [-0.25, -0.2) is 0 Å². The Morgan fingerprint density at radius 2 is 2.00 bits per heavy atom. The Morgan fingerprint density at radius 3 is 2.61 bits per heavy atom. The van der Waals surface area contributed by atoms with Gasteiger partial charge in [0.15, 0.2) is 0 Å². The normalized spacial score (nSPS) is 21.6. The van der Waals surface area contributed by atoms with Crippen molar-refractivity contribution in [3.63, 3.8) is 0 Å². The van der Waals surface area contributed by atoms with E-state index in [2.05, 4.69) is 4.74 Å². The molecule has 100 valence electrons. The van der Waals surface area contributed by atoms with E-state index in [4.69, 9.17) is 9.84 Å². The average Bonchev–Trinajstić information content (AvgIpc) is 2.64. The second-order valence-corrected chi connectivity index (χ2v) is 3.99. The highest BCUT2D eigenvalue weighted by atomic mass is 16.6. The first-order valence-electron chi connectivity index (χ1n) is 5.76. The van der Waals surface area contributed by atoms with Crippen molar-refractivity contribution in [1.82, 2.24) is 0 Å². The molecule has 0 saturated heterocycles. The summed E-state index contributed by atoms with van der Waals surface area (Å²) in [6, 6.07) is 0. The monoisotopic (exact) mass is 256 g/mol. The number of hydrogen-bond acceptors (Lipinski definition) is 5. The molecule has 0 aliphatic heterocycles. The maximum Gasteiger partial charge on any atom is 0.317 e. The van der Waals surface area contributed by atoms with E-state index in [9.17, 15) is 14.4 Å². The zero-order valence-corrected chi connectivity index (χ0v) is 10.1. The Morgan fingerprint density at radius 1 is 1.28 bits per heavy atom. The number of aliphatic carboxylic acids is 1. The number of carboxylic acid groups (broad SMARTS) is 1. The van der Waals surface area contributed by atoms with Crippen LogP contribution in [-0.4, -0.2) is 35.7 Å². The van der Waals surface area contributed by atoms with E-state index < -0.39 is 30.4 Å². The van der Waals surface area contributed by atoms with Gasteiger partial charge in [-0.15, -0.1) is 0 Å². The van der Waals surface area contributed by atoms with Gasteiger partial charge in [0.1, 0.15) is 12.5 Å². The Kier molecular flexibility index (Phi) is 5.35. The maximum atomic E-state index is 11.3. The van der Waals surface area contributed by atoms with Crippen LogP contribution in [0, 0.1) is 5.92 Å². The van der Waals surface area contributed by atoms with Crippen LogP contribution in [0.25, 0.3) is 0 Å². The molecule has 0 aromatic rings. The first-order chi connectivity index (χ1) is 8.51. The fraction of sp³-hybridized carbons (Fsp3) is 0.583. The molecule has 2 atom stereocenters. The lowest BCUT2D eigenvalue weighted by atomic mass is 10.1. The zero-order chi connectivity index (χ0) is 13.5. The molecule has 1 aliphatic carbocycles. The third-order valence-corrected chi connectivity index (χ3v) is 2.45. The van der Waals surface area contributed by atoms with Crippen LogP contribution in [-0.2, 0) is 23.9 Å². The lowest BCUT2D eigenvalue weighted by Crippen LogP contribution is -2.19. The molecule has 0 spiro atoms. The summed E-state index contributed by atoms with van der Waals surface area (Å²) < 4.78 is 9.64. The van der Waals surface area contributed by atoms with Gasteiger partial charge in [0.25, 0.3) is 0 Å². The standard InChI is InChI=1S/C12H16O6/c1-2-17-11(15)7-12(16)18-9-4-3-8(5-9)6-10(13)14/h3-4,8-9H,2,5-7H2,1H3,(H,13,14)/t8-,9+/m0/s1. The predicted molar refractivity (Wildman–Crippen MR) is 60.6 cm³/mol. The molecule has 0 aromatic carbocycles. The minimum atomic E-state index is -0.886. The van der Waals surface area contributed by atoms with Crippen molar-refractivity contribution in [2.45, 2.75) is 32.3 Å². The SMILES string of the molecule is CCOC(=O)CC(=O)O[C@@H]1C=C[C@H](CC(=O)O)C1. The number of ether oxygens (including phenoxy) is 2. The fourth-order valence-corrected chi connectivity index (χ4v) is 1.74. The van der Waals surface area contributed by atoms with Gasteiger partial charge in [-0.2, -0.15) is 0 Å². The van der Waals surface area contributed by atoms with Crippen molar-refractivity contribution in [2.75, 3.05) is 6.61 Å². The molecule has 0 fully saturated rings. The number of allylic oxidation sites excluding steroid dienone is 1. The molecule has 0 heterocycles. The number of carbonyl (C=O) groups is 3. The Hall–Kier alpha value is -1.85. The van der Waals surface area contributed by atoms with Gasteiger partial charge in [0, 0.05) is 0 Å². The lowest BCUT2D eigenvalue weighted by molar-refractivity contribution is -0.156. The van der Waals surface area contributed by atoms with E-state index in [1.807, 2.05) is 0 Å². The first-order valence-corrected chi connectivity index (χ1v) is 5.76. The van der Waals surface area contributed by atoms with Crippen molar-refractivity contribution in [3.05, 3.63) is 12.2 Å². The molecule has 1 aliphatic rings. The Balaban J connectivity index is 2.28. The highest BCUT2D eigenvalue weighted by molar-refractivity contribution is 5.91. The molecule has 0 radical (unpaired) electrons. The van der Waals surface area contributed by atoms with Crippen LogP contribution in [0.15, 0.2) is 12.2 Å². The number of esters is 2. The number of carboxylic acids is 1. The van der Waals surface area contributed by atoms with Crippen LogP contribution in [0.4, 0.5) is 0 Å². The van der Waals surface area contributed by atoms with Gasteiger partial charge in [-0.1, -0.05) is 6.08 Å². The molecule has 0 amide bonds. The van der Waals surface area contributed by atoms with E-state index in [0.717, 1.165) is 0 Å². The van der Waals surface area contributed by atoms with Gasteiger partial charge in [0.2, 0.25) is 0 Å². The molecule has 1 rings (SSSR count). The smallest absolute Gasteiger partial charge is 0.317 e. The zero-order valence-electron chi connectivity index (χ0n) is 10.1. The van der Waals surface area contributed by atoms with Crippen LogP contribution < -0.4 is 0 Å². The summed E-state index contributed by atoms with van der Waals surface area (Å²) in [5.74, 6) is -2.28. The van der Waals surface area contributed by atoms with Crippen molar-refractivity contribution in [2.24, 2.45) is 5.92 Å². The third kappa shape index (κ3) is 4.99. The Bertz CT molecular complexity index is 360. The third-order valence-electron chi connectivity index (χ3n) is 2.45. The van der Waals surface area contributed by atoms with E-state index in [-0.39, 0.29) is 18.9 Å². The highest BCUT2D eigenvalue weighted by Gasteiger charge is 2.24. The van der Waals surface area contributed by atoms with Crippen molar-refractivity contribution in [1.29, 1.82) is 0 Å². The molecule has 0 aromatic heterocycles. The minimum absolute atomic E-state index is 0.0163. The summed E-state index contributed by atoms with van der Waals surface area (Å²) in [5, 5.41) is 8.62. The number of rotatable bonds is 6. The molecular formula is C12H16O6. The Labute approximate surface area is 105 Å². The summed E-state index contributed by atoms with van der Waals surface area (Å²) in [6.45, 7) is 1.87. The van der Waals surface area contributed by atoms with Crippen LogP contribution in [0.2, 0.25) is 0 Å². The number of hydrogen-bond donors (Lipinski definition) is 1. The summed E-state index contributed by atoms with van der Waals surface area (Å²) in [7, 11) is 0. The van der Waals surface area contributed by atoms with E-state index >= 15 is 0 Å². The van der Waals surface area contributed by atoms with E-state index in [1.165, 1.54) is 0 Å². The number of carbonyl (C=O) groups excluding carboxylic acids is 2. The molecule has 0 unspecified atom stereocenters. The second kappa shape index (κ2) is 6.78. The summed E-state index contributed by atoms with van der Waals surface area (Å²) >= 11 is 0. The van der Waals surface area contributed by atoms with Crippen molar-refractivity contribution in [3.8, 4) is 0 Å². The van der Waals surface area contributed by atoms with E-state index in [1.54, 1.807) is 19.1 Å². The van der Waals surface area contributed by atoms with Gasteiger partial charge in [-0.05, 0) is 25.3 Å². The molecule has 0 saturated carbocycles. The molecular weight excluding hydrogens is 240 g/mol. The first kappa shape index (κ1) is 14.2. The maximum absolute atomic E-state index is 11.3. The molecule has 1 N–H and O–H groups in total. The van der Waals surface area contributed by atoms with Crippen molar-refractivity contribution >= 4 is 17.9 Å². The molecule has 0 bridgehead atoms. The minimum Gasteiger partial charge on any atom is -0.481 e. The molecule has 18 heavy (non-hydrogen) atoms. The predicted octanol–water partition coefficient (Wildman–Crippen LogP) is 0.902. The van der Waals surface area contributed by atoms with E-state index in [0.29, 0.717) is 6.42 Å². The molecule has 6 nitrogen and oxygen atoms in total. The topological polar surface area (TPSA) is 89.9 Å². The van der Waals surface area contributed by atoms with Gasteiger partial charge in [0.05, 0.1) is 13.0 Å². The summed E-state index contributed by atoms with van der Waals surface area (Å²) in [4.78, 5) is 32.9. The van der Waals surface area contributed by atoms with Crippen LogP contribution >= 0.6 is 0 Å². The summed E-state index contributed by atoms with van der Waals surface area (Å²) in [6.07, 6.45) is 2.97. The van der Waals surface area contributed by atoms with Gasteiger partial charge < -0.3 is 14.6 Å². The molecule has 6 heteroatoms. The van der Waals surface area contributed by atoms with Gasteiger partial charge in [-0.3, -0.25) is 14.4 Å². The van der Waals surface area contributed by atoms with Gasteiger partial charge >= 0.3 is 17.9 Å². The summed E-state index contributed by atoms with van der Waals surface area (Å²) in [5.41, 5.74) is 0. The van der Waals surface area contributed by atoms with Crippen LogP contribution in [0.3, 0.4) is 0 Å². The van der Waals surface area contributed by atoms with Crippen LogP contribution in [0.5, 0.6) is 0 Å². The average molecular weight is 256 g/mol. The quantitative estimate of drug-likeness (QED) is 0.431. The van der Waals surface area contributed by atoms with Crippen molar-refractivity contribution < 1.29 is 29.0 Å². The fourth-order valence-electron chi connectivity index (χ4n) is 1.74. The van der Waals surface area contributed by atoms with Crippen LogP contribution in [0.1, 0.15) is 26.2 Å². The largest absolute Gasteiger partial charge is 0.481 e. The lowest BCUT2D eigenvalue weighted by Gasteiger charge is -2.11. The second-order valence-electron chi connectivity index (χ2n) is 3.99.